The number of hydrogen-bond acceptors (Lipinski definition) is 3. The van der Waals surface area contributed by atoms with E-state index in [0.717, 1.165) is 31.6 Å². The van der Waals surface area contributed by atoms with E-state index in [1.807, 2.05) is 31.2 Å². The number of ether oxygens (including phenoxy) is 1. The number of hydrogen-bond donors (Lipinski definition) is 2. The molecule has 2 N–H and O–H groups in total. The molecule has 3 rings (SSSR count). The maximum Gasteiger partial charge on any atom is 0.422 e. The Morgan fingerprint density at radius 3 is 2.59 bits per heavy atom. The summed E-state index contributed by atoms with van der Waals surface area (Å²) in [5, 5.41) is 6.51. The van der Waals surface area contributed by atoms with Crippen molar-refractivity contribution in [2.45, 2.75) is 26.1 Å². The van der Waals surface area contributed by atoms with Crippen LogP contribution in [0.1, 0.15) is 17.5 Å². The van der Waals surface area contributed by atoms with Crippen molar-refractivity contribution in [2.75, 3.05) is 38.2 Å². The fourth-order valence-electron chi connectivity index (χ4n) is 3.61. The van der Waals surface area contributed by atoms with E-state index in [1.54, 1.807) is 19.2 Å². The van der Waals surface area contributed by atoms with Crippen LogP contribution in [0.3, 0.4) is 0 Å². The van der Waals surface area contributed by atoms with Crippen LogP contribution in [0.2, 0.25) is 0 Å². The summed E-state index contributed by atoms with van der Waals surface area (Å²) in [6.45, 7) is 3.59. The Morgan fingerprint density at radius 2 is 1.91 bits per heavy atom. The molecular formula is C23H30F3IN4O. The smallest absolute Gasteiger partial charge is 0.422 e. The van der Waals surface area contributed by atoms with Gasteiger partial charge in [-0.05, 0) is 43.0 Å². The normalized spacial score (nSPS) is 16.5. The van der Waals surface area contributed by atoms with Crippen molar-refractivity contribution < 1.29 is 17.9 Å². The minimum atomic E-state index is -4.37. The van der Waals surface area contributed by atoms with Gasteiger partial charge in [0, 0.05) is 44.5 Å². The summed E-state index contributed by atoms with van der Waals surface area (Å²) in [5.41, 5.74) is 2.72. The van der Waals surface area contributed by atoms with Gasteiger partial charge in [0.1, 0.15) is 5.75 Å². The molecule has 2 aromatic carbocycles. The van der Waals surface area contributed by atoms with Gasteiger partial charge in [0.25, 0.3) is 0 Å². The van der Waals surface area contributed by atoms with Gasteiger partial charge in [-0.2, -0.15) is 13.2 Å². The van der Waals surface area contributed by atoms with E-state index in [0.29, 0.717) is 24.0 Å². The van der Waals surface area contributed by atoms with Crippen LogP contribution in [0.4, 0.5) is 18.9 Å². The molecule has 1 aliphatic rings. The molecule has 0 aromatic heterocycles. The zero-order valence-corrected chi connectivity index (χ0v) is 20.6. The molecule has 0 bridgehead atoms. The third kappa shape index (κ3) is 8.07. The summed E-state index contributed by atoms with van der Waals surface area (Å²) < 4.78 is 42.7. The van der Waals surface area contributed by atoms with E-state index in [-0.39, 0.29) is 29.7 Å². The molecule has 0 radical (unpaired) electrons. The highest BCUT2D eigenvalue weighted by molar-refractivity contribution is 14.0. The lowest BCUT2D eigenvalue weighted by molar-refractivity contribution is -0.153. The first-order chi connectivity index (χ1) is 14.8. The monoisotopic (exact) mass is 562 g/mol. The third-order valence-electron chi connectivity index (χ3n) is 5.25. The summed E-state index contributed by atoms with van der Waals surface area (Å²) in [4.78, 5) is 6.61. The maximum absolute atomic E-state index is 12.6. The molecule has 1 aliphatic heterocycles. The number of aryl methyl sites for hydroxylation is 1. The van der Waals surface area contributed by atoms with Crippen molar-refractivity contribution >= 4 is 35.6 Å². The van der Waals surface area contributed by atoms with Crippen molar-refractivity contribution in [3.63, 3.8) is 0 Å². The number of alkyl halides is 3. The van der Waals surface area contributed by atoms with Crippen molar-refractivity contribution in [3.8, 4) is 5.75 Å². The zero-order valence-electron chi connectivity index (χ0n) is 18.3. The van der Waals surface area contributed by atoms with Crippen molar-refractivity contribution in [3.05, 3.63) is 59.7 Å². The molecule has 1 saturated heterocycles. The molecule has 1 atom stereocenters. The summed E-state index contributed by atoms with van der Waals surface area (Å²) in [6.07, 6.45) is -3.28. The minimum absolute atomic E-state index is 0. The second kappa shape index (κ2) is 12.2. The molecular weight excluding hydrogens is 532 g/mol. The average Bonchev–Trinajstić information content (AvgIpc) is 3.22. The Bertz CT molecular complexity index is 877. The van der Waals surface area contributed by atoms with Crippen LogP contribution in [-0.2, 0) is 6.54 Å². The molecule has 0 spiro atoms. The number of nitrogens with one attached hydrogen (secondary N) is 2. The lowest BCUT2D eigenvalue weighted by Crippen LogP contribution is -2.40. The molecule has 5 nitrogen and oxygen atoms in total. The third-order valence-corrected chi connectivity index (χ3v) is 5.25. The summed E-state index contributed by atoms with van der Waals surface area (Å²) in [7, 11) is 1.68. The van der Waals surface area contributed by atoms with Crippen molar-refractivity contribution in [2.24, 2.45) is 10.9 Å². The highest BCUT2D eigenvalue weighted by Crippen LogP contribution is 2.24. The predicted octanol–water partition coefficient (Wildman–Crippen LogP) is 4.75. The van der Waals surface area contributed by atoms with Crippen LogP contribution < -0.4 is 20.3 Å². The largest absolute Gasteiger partial charge is 0.484 e. The minimum Gasteiger partial charge on any atom is -0.484 e. The number of aliphatic imine (C=N–C) groups is 1. The molecule has 2 aromatic rings. The second-order valence-electron chi connectivity index (χ2n) is 7.76. The first kappa shape index (κ1) is 26.1. The number of nitrogens with zero attached hydrogens (tertiary/aromatic N) is 2. The molecule has 0 amide bonds. The maximum atomic E-state index is 12.6. The Morgan fingerprint density at radius 1 is 1.16 bits per heavy atom. The number of rotatable bonds is 7. The first-order valence-electron chi connectivity index (χ1n) is 10.4. The molecule has 0 aliphatic carbocycles. The van der Waals surface area contributed by atoms with Crippen molar-refractivity contribution in [1.29, 1.82) is 0 Å². The topological polar surface area (TPSA) is 48.9 Å². The van der Waals surface area contributed by atoms with Crippen LogP contribution in [0.15, 0.2) is 53.5 Å². The fourth-order valence-corrected chi connectivity index (χ4v) is 3.61. The molecule has 9 heteroatoms. The van der Waals surface area contributed by atoms with Crippen LogP contribution in [0, 0.1) is 12.8 Å². The van der Waals surface area contributed by atoms with Gasteiger partial charge in [-0.1, -0.05) is 30.3 Å². The van der Waals surface area contributed by atoms with E-state index < -0.39 is 12.8 Å². The first-order valence-corrected chi connectivity index (χ1v) is 10.4. The van der Waals surface area contributed by atoms with Crippen LogP contribution in [-0.4, -0.2) is 45.4 Å². The van der Waals surface area contributed by atoms with Gasteiger partial charge in [-0.25, -0.2) is 0 Å². The highest BCUT2D eigenvalue weighted by Gasteiger charge is 2.29. The molecule has 176 valence electrons. The second-order valence-corrected chi connectivity index (χ2v) is 7.76. The van der Waals surface area contributed by atoms with Gasteiger partial charge in [0.15, 0.2) is 12.6 Å². The molecule has 1 heterocycles. The van der Waals surface area contributed by atoms with Crippen LogP contribution in [0.5, 0.6) is 5.75 Å². The van der Waals surface area contributed by atoms with Gasteiger partial charge in [0.2, 0.25) is 0 Å². The van der Waals surface area contributed by atoms with E-state index in [4.69, 9.17) is 4.74 Å². The van der Waals surface area contributed by atoms with Gasteiger partial charge in [0.05, 0.1) is 0 Å². The van der Waals surface area contributed by atoms with Gasteiger partial charge in [-0.3, -0.25) is 4.99 Å². The molecule has 0 saturated carbocycles. The zero-order chi connectivity index (χ0) is 22.3. The van der Waals surface area contributed by atoms with Gasteiger partial charge >= 0.3 is 6.18 Å². The molecule has 1 unspecified atom stereocenters. The van der Waals surface area contributed by atoms with Gasteiger partial charge < -0.3 is 20.3 Å². The lowest BCUT2D eigenvalue weighted by atomic mass is 10.1. The Balaban J connectivity index is 0.00000363. The molecule has 32 heavy (non-hydrogen) atoms. The number of guanidine groups is 1. The molecule has 1 fully saturated rings. The van der Waals surface area contributed by atoms with Crippen molar-refractivity contribution in [1.82, 2.24) is 10.6 Å². The Labute approximate surface area is 204 Å². The predicted molar refractivity (Wildman–Crippen MR) is 133 cm³/mol. The number of para-hydroxylation sites is 1. The lowest BCUT2D eigenvalue weighted by Gasteiger charge is -2.20. The SMILES string of the molecule is CN=C(NCc1ccc(C)cc1OCC(F)(F)F)NCC1CCN(c2ccccc2)C1.I. The van der Waals surface area contributed by atoms with Crippen LogP contribution in [0.25, 0.3) is 0 Å². The standard InChI is InChI=1S/C23H29F3N4O.HI/c1-17-8-9-19(21(12-17)31-16-23(24,25)26)14-29-22(27-2)28-13-18-10-11-30(15-18)20-6-4-3-5-7-20;/h3-9,12,18H,10-11,13-16H2,1-2H3,(H2,27,28,29);1H. The Hall–Kier alpha value is -2.17. The van der Waals surface area contributed by atoms with E-state index in [9.17, 15) is 13.2 Å². The summed E-state index contributed by atoms with van der Waals surface area (Å²) in [5.74, 6) is 1.33. The highest BCUT2D eigenvalue weighted by atomic mass is 127. The van der Waals surface area contributed by atoms with E-state index >= 15 is 0 Å². The summed E-state index contributed by atoms with van der Waals surface area (Å²) in [6, 6.07) is 15.6. The quantitative estimate of drug-likeness (QED) is 0.291. The van der Waals surface area contributed by atoms with Gasteiger partial charge in [-0.15, -0.1) is 24.0 Å². The van der Waals surface area contributed by atoms with E-state index in [2.05, 4.69) is 32.7 Å². The number of halogens is 4. The van der Waals surface area contributed by atoms with E-state index in [1.165, 1.54) is 5.69 Å². The van der Waals surface area contributed by atoms with Crippen LogP contribution >= 0.6 is 24.0 Å². The summed E-state index contributed by atoms with van der Waals surface area (Å²) >= 11 is 0. The number of anilines is 1. The fraction of sp³-hybridized carbons (Fsp3) is 0.435. The Kier molecular flexibility index (Phi) is 9.92. The number of benzene rings is 2. The average molecular weight is 562 g/mol.